The van der Waals surface area contributed by atoms with Crippen LogP contribution < -0.4 is 16.4 Å². The van der Waals surface area contributed by atoms with Crippen molar-refractivity contribution in [2.75, 3.05) is 30.7 Å². The molecule has 0 aliphatic heterocycles. The SMILES string of the molecule is CCNC(=O)c1ccc(N)c(NCC(F)(F)CO)c1. The van der Waals surface area contributed by atoms with E-state index in [0.717, 1.165) is 0 Å². The highest BCUT2D eigenvalue weighted by Crippen LogP contribution is 2.22. The van der Waals surface area contributed by atoms with Crippen molar-refractivity contribution < 1.29 is 18.7 Å². The lowest BCUT2D eigenvalue weighted by Gasteiger charge is -2.16. The van der Waals surface area contributed by atoms with Crippen LogP contribution in [0.25, 0.3) is 0 Å². The molecule has 106 valence electrons. The third-order valence-electron chi connectivity index (χ3n) is 2.42. The van der Waals surface area contributed by atoms with Gasteiger partial charge >= 0.3 is 0 Å². The van der Waals surface area contributed by atoms with E-state index >= 15 is 0 Å². The van der Waals surface area contributed by atoms with Crippen molar-refractivity contribution in [2.24, 2.45) is 0 Å². The van der Waals surface area contributed by atoms with Crippen LogP contribution in [-0.4, -0.2) is 36.6 Å². The van der Waals surface area contributed by atoms with Crippen LogP contribution in [-0.2, 0) is 0 Å². The second-order valence-electron chi connectivity index (χ2n) is 4.03. The number of alkyl halides is 2. The van der Waals surface area contributed by atoms with Gasteiger partial charge in [0.15, 0.2) is 0 Å². The lowest BCUT2D eigenvalue weighted by molar-refractivity contribution is -0.0372. The van der Waals surface area contributed by atoms with Crippen LogP contribution in [0.2, 0.25) is 0 Å². The molecule has 0 radical (unpaired) electrons. The maximum Gasteiger partial charge on any atom is 0.287 e. The molecular formula is C12H17F2N3O2. The van der Waals surface area contributed by atoms with E-state index in [2.05, 4.69) is 10.6 Å². The molecule has 0 saturated carbocycles. The van der Waals surface area contributed by atoms with Crippen molar-refractivity contribution in [1.29, 1.82) is 0 Å². The van der Waals surface area contributed by atoms with Gasteiger partial charge in [0.2, 0.25) is 0 Å². The average Bonchev–Trinajstić information content (AvgIpc) is 2.38. The standard InChI is InChI=1S/C12H17F2N3O2/c1-2-16-11(19)8-3-4-9(15)10(5-8)17-6-12(13,14)7-18/h3-5,17-18H,2,6-7,15H2,1H3,(H,16,19). The molecule has 0 fully saturated rings. The molecule has 0 bridgehead atoms. The lowest BCUT2D eigenvalue weighted by Crippen LogP contribution is -2.31. The molecule has 1 rings (SSSR count). The van der Waals surface area contributed by atoms with Crippen molar-refractivity contribution in [3.8, 4) is 0 Å². The van der Waals surface area contributed by atoms with Crippen LogP contribution in [0.1, 0.15) is 17.3 Å². The molecule has 1 aromatic carbocycles. The minimum Gasteiger partial charge on any atom is -0.397 e. The van der Waals surface area contributed by atoms with E-state index in [1.807, 2.05) is 0 Å². The summed E-state index contributed by atoms with van der Waals surface area (Å²) in [6.45, 7) is 0.229. The number of aliphatic hydroxyl groups excluding tert-OH is 1. The van der Waals surface area contributed by atoms with E-state index in [4.69, 9.17) is 10.8 Å². The molecule has 1 amide bonds. The molecule has 0 unspecified atom stereocenters. The summed E-state index contributed by atoms with van der Waals surface area (Å²) in [5.41, 5.74) is 6.44. The summed E-state index contributed by atoms with van der Waals surface area (Å²) in [7, 11) is 0. The number of halogens is 2. The van der Waals surface area contributed by atoms with E-state index in [0.29, 0.717) is 12.1 Å². The zero-order valence-electron chi connectivity index (χ0n) is 10.5. The third-order valence-corrected chi connectivity index (χ3v) is 2.42. The number of anilines is 2. The Kier molecular flexibility index (Phi) is 5.05. The van der Waals surface area contributed by atoms with Gasteiger partial charge in [-0.1, -0.05) is 0 Å². The van der Waals surface area contributed by atoms with Gasteiger partial charge in [-0.25, -0.2) is 8.78 Å². The Labute approximate surface area is 109 Å². The Hall–Kier alpha value is -1.89. The predicted octanol–water partition coefficient (Wildman–Crippen LogP) is 1.06. The molecule has 5 nitrogen and oxygen atoms in total. The number of aliphatic hydroxyl groups is 1. The summed E-state index contributed by atoms with van der Waals surface area (Å²) in [6, 6.07) is 4.37. The van der Waals surface area contributed by atoms with Gasteiger partial charge in [-0.05, 0) is 25.1 Å². The first kappa shape index (κ1) is 15.2. The van der Waals surface area contributed by atoms with Crippen LogP contribution in [0.15, 0.2) is 18.2 Å². The van der Waals surface area contributed by atoms with E-state index in [1.54, 1.807) is 6.92 Å². The maximum atomic E-state index is 12.9. The molecule has 0 heterocycles. The van der Waals surface area contributed by atoms with Crippen LogP contribution in [0, 0.1) is 0 Å². The maximum absolute atomic E-state index is 12.9. The fourth-order valence-corrected chi connectivity index (χ4v) is 1.39. The van der Waals surface area contributed by atoms with Gasteiger partial charge in [0.25, 0.3) is 11.8 Å². The minimum absolute atomic E-state index is 0.233. The van der Waals surface area contributed by atoms with Gasteiger partial charge in [0.1, 0.15) is 6.61 Å². The monoisotopic (exact) mass is 273 g/mol. The number of hydrogen-bond acceptors (Lipinski definition) is 4. The Bertz CT molecular complexity index is 453. The number of carbonyl (C=O) groups is 1. The Morgan fingerprint density at radius 1 is 1.47 bits per heavy atom. The summed E-state index contributed by atoms with van der Waals surface area (Å²) in [5.74, 6) is -3.55. The molecule has 0 aromatic heterocycles. The van der Waals surface area contributed by atoms with Crippen LogP contribution in [0.5, 0.6) is 0 Å². The molecule has 0 atom stereocenters. The number of nitrogens with one attached hydrogen (secondary N) is 2. The van der Waals surface area contributed by atoms with E-state index in [9.17, 15) is 13.6 Å². The summed E-state index contributed by atoms with van der Waals surface area (Å²) in [5, 5.41) is 13.5. The second-order valence-corrected chi connectivity index (χ2v) is 4.03. The van der Waals surface area contributed by atoms with Crippen LogP contribution in [0.3, 0.4) is 0 Å². The van der Waals surface area contributed by atoms with Gasteiger partial charge in [0, 0.05) is 12.1 Å². The number of amides is 1. The Balaban J connectivity index is 2.83. The number of benzene rings is 1. The number of nitrogens with two attached hydrogens (primary N) is 1. The van der Waals surface area contributed by atoms with E-state index in [-0.39, 0.29) is 17.3 Å². The number of nitrogen functional groups attached to an aromatic ring is 1. The summed E-state index contributed by atoms with van der Waals surface area (Å²) in [4.78, 5) is 11.6. The number of carbonyl (C=O) groups excluding carboxylic acids is 1. The summed E-state index contributed by atoms with van der Waals surface area (Å²) < 4.78 is 25.8. The highest BCUT2D eigenvalue weighted by Gasteiger charge is 2.27. The minimum atomic E-state index is -3.24. The predicted molar refractivity (Wildman–Crippen MR) is 69.4 cm³/mol. The molecule has 19 heavy (non-hydrogen) atoms. The van der Waals surface area contributed by atoms with Crippen molar-refractivity contribution >= 4 is 17.3 Å². The largest absolute Gasteiger partial charge is 0.397 e. The quantitative estimate of drug-likeness (QED) is 0.584. The third kappa shape index (κ3) is 4.36. The lowest BCUT2D eigenvalue weighted by atomic mass is 10.1. The van der Waals surface area contributed by atoms with Gasteiger partial charge in [-0.2, -0.15) is 0 Å². The number of rotatable bonds is 6. The molecule has 7 heteroatoms. The van der Waals surface area contributed by atoms with Gasteiger partial charge in [-0.3, -0.25) is 4.79 Å². The summed E-state index contributed by atoms with van der Waals surface area (Å²) >= 11 is 0. The van der Waals surface area contributed by atoms with Crippen molar-refractivity contribution in [3.05, 3.63) is 23.8 Å². The van der Waals surface area contributed by atoms with Gasteiger partial charge in [0.05, 0.1) is 17.9 Å². The molecule has 0 aliphatic rings. The van der Waals surface area contributed by atoms with Crippen molar-refractivity contribution in [2.45, 2.75) is 12.8 Å². The first-order valence-electron chi connectivity index (χ1n) is 5.80. The highest BCUT2D eigenvalue weighted by atomic mass is 19.3. The normalized spacial score (nSPS) is 11.2. The fourth-order valence-electron chi connectivity index (χ4n) is 1.39. The second kappa shape index (κ2) is 6.33. The molecule has 0 saturated heterocycles. The fraction of sp³-hybridized carbons (Fsp3) is 0.417. The Morgan fingerprint density at radius 3 is 2.74 bits per heavy atom. The number of hydrogen-bond donors (Lipinski definition) is 4. The van der Waals surface area contributed by atoms with Crippen LogP contribution >= 0.6 is 0 Å². The molecule has 1 aromatic rings. The van der Waals surface area contributed by atoms with Crippen LogP contribution in [0.4, 0.5) is 20.2 Å². The zero-order chi connectivity index (χ0) is 14.5. The van der Waals surface area contributed by atoms with E-state index in [1.165, 1.54) is 18.2 Å². The summed E-state index contributed by atoms with van der Waals surface area (Å²) in [6.07, 6.45) is 0. The first-order chi connectivity index (χ1) is 8.89. The zero-order valence-corrected chi connectivity index (χ0v) is 10.5. The van der Waals surface area contributed by atoms with E-state index < -0.39 is 19.1 Å². The molecule has 5 N–H and O–H groups in total. The Morgan fingerprint density at radius 2 is 2.16 bits per heavy atom. The molecule has 0 aliphatic carbocycles. The molecule has 0 spiro atoms. The highest BCUT2D eigenvalue weighted by molar-refractivity contribution is 5.96. The average molecular weight is 273 g/mol. The first-order valence-corrected chi connectivity index (χ1v) is 5.80. The van der Waals surface area contributed by atoms with Gasteiger partial charge < -0.3 is 21.5 Å². The van der Waals surface area contributed by atoms with Crippen molar-refractivity contribution in [3.63, 3.8) is 0 Å². The molecular weight excluding hydrogens is 256 g/mol. The van der Waals surface area contributed by atoms with Crippen molar-refractivity contribution in [1.82, 2.24) is 5.32 Å². The smallest absolute Gasteiger partial charge is 0.287 e. The topological polar surface area (TPSA) is 87.4 Å². The van der Waals surface area contributed by atoms with Gasteiger partial charge in [-0.15, -0.1) is 0 Å².